The normalized spacial score (nSPS) is 25.3. The third kappa shape index (κ3) is 10.8. The van der Waals surface area contributed by atoms with Crippen molar-refractivity contribution in [3.8, 4) is 0 Å². The molecule has 0 aromatic carbocycles. The molecule has 0 radical (unpaired) electrons. The molecule has 0 aromatic heterocycles. The first-order chi connectivity index (χ1) is 15.5. The highest BCUT2D eigenvalue weighted by molar-refractivity contribution is 5.73. The van der Waals surface area contributed by atoms with Crippen LogP contribution in [0.15, 0.2) is 0 Å². The SMILES string of the molecule is CC(=O)N[C@H]1C(OC(C)(C)COCC(C)(C)N)O[C@H](COC(C)=O)[C@H](OC(C)=O)[C@@H]1OC(C)=O. The smallest absolute Gasteiger partial charge is 0.303 e. The van der Waals surface area contributed by atoms with E-state index in [1.807, 2.05) is 13.8 Å². The lowest BCUT2D eigenvalue weighted by atomic mass is 9.95. The maximum Gasteiger partial charge on any atom is 0.303 e. The van der Waals surface area contributed by atoms with Gasteiger partial charge in [0.1, 0.15) is 18.8 Å². The Morgan fingerprint density at radius 3 is 1.91 bits per heavy atom. The highest BCUT2D eigenvalue weighted by Crippen LogP contribution is 2.30. The molecule has 1 amide bonds. The number of hydrogen-bond acceptors (Lipinski definition) is 11. The molecule has 1 unspecified atom stereocenters. The minimum absolute atomic E-state index is 0.125. The zero-order valence-electron chi connectivity index (χ0n) is 21.2. The molecule has 12 nitrogen and oxygen atoms in total. The van der Waals surface area contributed by atoms with Crippen LogP contribution in [0.4, 0.5) is 0 Å². The van der Waals surface area contributed by atoms with E-state index in [9.17, 15) is 19.2 Å². The Hall–Kier alpha value is -2.28. The highest BCUT2D eigenvalue weighted by Gasteiger charge is 2.52. The summed E-state index contributed by atoms with van der Waals surface area (Å²) < 4.78 is 33.7. The monoisotopic (exact) mass is 490 g/mol. The molecule has 1 fully saturated rings. The van der Waals surface area contributed by atoms with Gasteiger partial charge in [0.2, 0.25) is 5.91 Å². The molecule has 196 valence electrons. The summed E-state index contributed by atoms with van der Waals surface area (Å²) in [5, 5.41) is 2.65. The Morgan fingerprint density at radius 1 is 0.882 bits per heavy atom. The van der Waals surface area contributed by atoms with Gasteiger partial charge in [0.15, 0.2) is 18.5 Å². The van der Waals surface area contributed by atoms with Crippen LogP contribution in [0.25, 0.3) is 0 Å². The Bertz CT molecular complexity index is 734. The van der Waals surface area contributed by atoms with Crippen molar-refractivity contribution in [2.75, 3.05) is 19.8 Å². The van der Waals surface area contributed by atoms with Crippen LogP contribution in [0.1, 0.15) is 55.4 Å². The van der Waals surface area contributed by atoms with Crippen LogP contribution < -0.4 is 11.1 Å². The fraction of sp³-hybridized carbons (Fsp3) is 0.818. The van der Waals surface area contributed by atoms with Crippen LogP contribution >= 0.6 is 0 Å². The van der Waals surface area contributed by atoms with Gasteiger partial charge in [-0.2, -0.15) is 0 Å². The molecule has 0 saturated carbocycles. The van der Waals surface area contributed by atoms with Crippen LogP contribution in [-0.4, -0.2) is 85.4 Å². The van der Waals surface area contributed by atoms with Crippen LogP contribution in [0.2, 0.25) is 0 Å². The van der Waals surface area contributed by atoms with Gasteiger partial charge < -0.3 is 39.5 Å². The second-order valence-corrected chi connectivity index (χ2v) is 9.58. The summed E-state index contributed by atoms with van der Waals surface area (Å²) in [5.74, 6) is -2.41. The molecule has 34 heavy (non-hydrogen) atoms. The summed E-state index contributed by atoms with van der Waals surface area (Å²) in [4.78, 5) is 47.1. The van der Waals surface area contributed by atoms with Gasteiger partial charge in [-0.05, 0) is 27.7 Å². The fourth-order valence-corrected chi connectivity index (χ4v) is 3.30. The molecule has 0 aliphatic carbocycles. The zero-order chi connectivity index (χ0) is 26.3. The van der Waals surface area contributed by atoms with Crippen molar-refractivity contribution < 1.29 is 47.6 Å². The van der Waals surface area contributed by atoms with Gasteiger partial charge in [-0.1, -0.05) is 0 Å². The van der Waals surface area contributed by atoms with Crippen molar-refractivity contribution in [1.29, 1.82) is 0 Å². The average molecular weight is 491 g/mol. The number of esters is 3. The van der Waals surface area contributed by atoms with Crippen molar-refractivity contribution in [3.63, 3.8) is 0 Å². The van der Waals surface area contributed by atoms with Crippen LogP contribution in [0.3, 0.4) is 0 Å². The first kappa shape index (κ1) is 29.8. The molecule has 0 aromatic rings. The second kappa shape index (κ2) is 12.4. The van der Waals surface area contributed by atoms with Gasteiger partial charge in [-0.3, -0.25) is 19.2 Å². The van der Waals surface area contributed by atoms with E-state index in [0.717, 1.165) is 0 Å². The Labute approximate surface area is 200 Å². The summed E-state index contributed by atoms with van der Waals surface area (Å²) in [6.45, 7) is 12.0. The van der Waals surface area contributed by atoms with E-state index in [1.54, 1.807) is 13.8 Å². The lowest BCUT2D eigenvalue weighted by Gasteiger charge is -2.46. The van der Waals surface area contributed by atoms with E-state index in [-0.39, 0.29) is 19.8 Å². The van der Waals surface area contributed by atoms with Gasteiger partial charge in [0.25, 0.3) is 0 Å². The van der Waals surface area contributed by atoms with Crippen molar-refractivity contribution in [2.24, 2.45) is 5.73 Å². The van der Waals surface area contributed by atoms with E-state index in [0.29, 0.717) is 0 Å². The fourth-order valence-electron chi connectivity index (χ4n) is 3.30. The standard InChI is InChI=1S/C22H38N2O10/c1-12(25)24-17-19(32-15(4)28)18(31-14(3)27)16(9-30-13(2)26)33-20(17)34-22(7,8)11-29-10-21(5,6)23/h16-20H,9-11,23H2,1-8H3,(H,24,25)/t16-,17-,18+,19-,20?/m1/s1. The predicted molar refractivity (Wildman–Crippen MR) is 118 cm³/mol. The van der Waals surface area contributed by atoms with E-state index in [4.69, 9.17) is 34.2 Å². The number of hydrogen-bond donors (Lipinski definition) is 2. The van der Waals surface area contributed by atoms with E-state index < -0.39 is 65.6 Å². The summed E-state index contributed by atoms with van der Waals surface area (Å²) in [7, 11) is 0. The van der Waals surface area contributed by atoms with Crippen molar-refractivity contribution >= 4 is 23.8 Å². The zero-order valence-corrected chi connectivity index (χ0v) is 21.2. The topological polar surface area (TPSA) is 162 Å². The third-order valence-corrected chi connectivity index (χ3v) is 4.43. The second-order valence-electron chi connectivity index (χ2n) is 9.58. The molecule has 3 N–H and O–H groups in total. The molecular formula is C22H38N2O10. The lowest BCUT2D eigenvalue weighted by molar-refractivity contribution is -0.304. The minimum atomic E-state index is -1.19. The number of nitrogens with one attached hydrogen (secondary N) is 1. The average Bonchev–Trinajstić information content (AvgIpc) is 2.62. The van der Waals surface area contributed by atoms with Gasteiger partial charge >= 0.3 is 17.9 Å². The van der Waals surface area contributed by atoms with Gasteiger partial charge in [0.05, 0.1) is 18.8 Å². The van der Waals surface area contributed by atoms with Gasteiger partial charge in [-0.15, -0.1) is 0 Å². The molecule has 5 atom stereocenters. The highest BCUT2D eigenvalue weighted by atomic mass is 16.7. The number of carbonyl (C=O) groups excluding carboxylic acids is 4. The molecule has 1 heterocycles. The van der Waals surface area contributed by atoms with E-state index in [2.05, 4.69) is 5.32 Å². The maximum atomic E-state index is 12.0. The largest absolute Gasteiger partial charge is 0.463 e. The van der Waals surface area contributed by atoms with E-state index in [1.165, 1.54) is 27.7 Å². The van der Waals surface area contributed by atoms with Crippen LogP contribution in [-0.2, 0) is 47.6 Å². The van der Waals surface area contributed by atoms with Crippen LogP contribution in [0.5, 0.6) is 0 Å². The Morgan fingerprint density at radius 2 is 1.44 bits per heavy atom. The number of ether oxygens (including phenoxy) is 6. The molecule has 0 bridgehead atoms. The molecular weight excluding hydrogens is 452 g/mol. The molecule has 1 rings (SSSR count). The number of nitrogens with two attached hydrogens (primary N) is 1. The summed E-state index contributed by atoms with van der Waals surface area (Å²) in [5.41, 5.74) is 4.46. The Kier molecular flexibility index (Phi) is 10.9. The predicted octanol–water partition coefficient (Wildman–Crippen LogP) is 0.192. The molecule has 12 heteroatoms. The van der Waals surface area contributed by atoms with Crippen molar-refractivity contribution in [2.45, 2.75) is 97.2 Å². The lowest BCUT2D eigenvalue weighted by Crippen LogP contribution is -2.67. The van der Waals surface area contributed by atoms with E-state index >= 15 is 0 Å². The maximum absolute atomic E-state index is 12.0. The van der Waals surface area contributed by atoms with Crippen LogP contribution in [0, 0.1) is 0 Å². The number of amides is 1. The minimum Gasteiger partial charge on any atom is -0.463 e. The molecule has 1 aliphatic heterocycles. The first-order valence-corrected chi connectivity index (χ1v) is 11.0. The Balaban J connectivity index is 3.28. The molecule has 1 saturated heterocycles. The third-order valence-electron chi connectivity index (χ3n) is 4.43. The molecule has 1 aliphatic rings. The summed E-state index contributed by atoms with van der Waals surface area (Å²) in [6, 6.07) is -1.05. The summed E-state index contributed by atoms with van der Waals surface area (Å²) in [6.07, 6.45) is -4.60. The van der Waals surface area contributed by atoms with Crippen molar-refractivity contribution in [3.05, 3.63) is 0 Å². The molecule has 0 spiro atoms. The quantitative estimate of drug-likeness (QED) is 0.300. The summed E-state index contributed by atoms with van der Waals surface area (Å²) >= 11 is 0. The number of carbonyl (C=O) groups is 4. The van der Waals surface area contributed by atoms with Crippen molar-refractivity contribution in [1.82, 2.24) is 5.32 Å². The first-order valence-electron chi connectivity index (χ1n) is 11.0. The van der Waals surface area contributed by atoms with Gasteiger partial charge in [-0.25, -0.2) is 0 Å². The van der Waals surface area contributed by atoms with Gasteiger partial charge in [0, 0.05) is 33.2 Å². The number of rotatable bonds is 11.